The summed E-state index contributed by atoms with van der Waals surface area (Å²) < 4.78 is 20.9. The number of anilines is 2. The fourth-order valence-electron chi connectivity index (χ4n) is 3.61. The molecule has 3 N–H and O–H groups in total. The Morgan fingerprint density at radius 1 is 1.06 bits per heavy atom. The fraction of sp³-hybridized carbons (Fsp3) is 0.0833. The first kappa shape index (κ1) is 20.4. The Bertz CT molecular complexity index is 1440. The number of hydrogen-bond acceptors (Lipinski definition) is 7. The largest absolute Gasteiger partial charge is 0.496 e. The minimum atomic E-state index is -0.388. The second-order valence-corrected chi connectivity index (χ2v) is 7.29. The van der Waals surface area contributed by atoms with Crippen LogP contribution in [0.15, 0.2) is 73.1 Å². The fourth-order valence-corrected chi connectivity index (χ4v) is 3.61. The summed E-state index contributed by atoms with van der Waals surface area (Å²) in [5, 5.41) is 8.34. The number of hydrogen-bond donors (Lipinski definition) is 2. The average Bonchev–Trinajstić information content (AvgIpc) is 3.19. The number of nitrogens with two attached hydrogens (primary N) is 1. The molecule has 0 fully saturated rings. The van der Waals surface area contributed by atoms with E-state index in [1.165, 1.54) is 16.8 Å². The molecule has 0 saturated heterocycles. The number of methoxy groups -OCH3 is 1. The molecule has 0 saturated carbocycles. The molecule has 0 aliphatic rings. The van der Waals surface area contributed by atoms with E-state index in [-0.39, 0.29) is 5.82 Å². The molecule has 3 heterocycles. The third kappa shape index (κ3) is 3.91. The Balaban J connectivity index is 1.69. The van der Waals surface area contributed by atoms with Crippen LogP contribution in [0.25, 0.3) is 28.0 Å². The van der Waals surface area contributed by atoms with Crippen molar-refractivity contribution in [3.05, 3.63) is 84.4 Å². The van der Waals surface area contributed by atoms with E-state index in [9.17, 15) is 4.39 Å². The normalized spacial score (nSPS) is 11.0. The molecule has 0 atom stereocenters. The Kier molecular flexibility index (Phi) is 5.27. The molecule has 0 unspecified atom stereocenters. The molecule has 0 aliphatic heterocycles. The molecule has 164 valence electrons. The van der Waals surface area contributed by atoms with Crippen molar-refractivity contribution in [2.45, 2.75) is 6.54 Å². The highest BCUT2D eigenvalue weighted by Gasteiger charge is 2.21. The molecule has 5 rings (SSSR count). The van der Waals surface area contributed by atoms with Crippen LogP contribution in [-0.4, -0.2) is 31.8 Å². The van der Waals surface area contributed by atoms with Crippen molar-refractivity contribution in [3.8, 4) is 22.7 Å². The third-order valence-corrected chi connectivity index (χ3v) is 5.16. The molecule has 0 radical (unpaired) electrons. The lowest BCUT2D eigenvalue weighted by molar-refractivity contribution is 0.416. The van der Waals surface area contributed by atoms with Gasteiger partial charge in [0.25, 0.3) is 0 Å². The zero-order chi connectivity index (χ0) is 22.8. The molecule has 9 heteroatoms. The lowest BCUT2D eigenvalue weighted by Crippen LogP contribution is -2.05. The van der Waals surface area contributed by atoms with Crippen molar-refractivity contribution >= 4 is 22.8 Å². The van der Waals surface area contributed by atoms with Crippen molar-refractivity contribution in [1.29, 1.82) is 0 Å². The summed E-state index contributed by atoms with van der Waals surface area (Å²) in [4.78, 5) is 13.5. The summed E-state index contributed by atoms with van der Waals surface area (Å²) in [6.45, 7) is 0.477. The summed E-state index contributed by atoms with van der Waals surface area (Å²) in [5.41, 5.74) is 9.63. The summed E-state index contributed by atoms with van der Waals surface area (Å²) in [5.74, 6) is 0.918. The molecular formula is C24H20FN7O. The van der Waals surface area contributed by atoms with Gasteiger partial charge in [0.05, 0.1) is 23.9 Å². The van der Waals surface area contributed by atoms with Crippen LogP contribution >= 0.6 is 0 Å². The van der Waals surface area contributed by atoms with Gasteiger partial charge in [-0.3, -0.25) is 4.98 Å². The van der Waals surface area contributed by atoms with Crippen LogP contribution in [0.1, 0.15) is 5.56 Å². The third-order valence-electron chi connectivity index (χ3n) is 5.16. The molecule has 0 spiro atoms. The highest BCUT2D eigenvalue weighted by Crippen LogP contribution is 2.37. The van der Waals surface area contributed by atoms with Crippen molar-refractivity contribution in [2.24, 2.45) is 0 Å². The lowest BCUT2D eigenvalue weighted by Gasteiger charge is -2.11. The molecule has 33 heavy (non-hydrogen) atoms. The van der Waals surface area contributed by atoms with Crippen LogP contribution in [0, 0.1) is 5.82 Å². The zero-order valence-electron chi connectivity index (χ0n) is 17.7. The molecule has 0 bridgehead atoms. The van der Waals surface area contributed by atoms with Gasteiger partial charge in [0.15, 0.2) is 5.65 Å². The summed E-state index contributed by atoms with van der Waals surface area (Å²) in [6, 6.07) is 17.4. The Labute approximate surface area is 188 Å². The van der Waals surface area contributed by atoms with Gasteiger partial charge in [-0.15, -0.1) is 5.10 Å². The first-order valence-corrected chi connectivity index (χ1v) is 10.2. The van der Waals surface area contributed by atoms with Crippen molar-refractivity contribution in [2.75, 3.05) is 18.2 Å². The molecular weight excluding hydrogens is 421 g/mol. The van der Waals surface area contributed by atoms with E-state index >= 15 is 0 Å². The average molecular weight is 441 g/mol. The maximum absolute atomic E-state index is 13.9. The maximum atomic E-state index is 13.9. The minimum Gasteiger partial charge on any atom is -0.496 e. The standard InChI is InChI=1S/C24H20FN7O/c1-33-19-10-3-2-9-18(19)21-20-22(26)32(17-8-4-7-16(25)12-17)31-23(20)30-24(29-21)28-14-15-6-5-11-27-13-15/h2-13H,14,26H2,1H3,(H,28,30,31). The van der Waals surface area contributed by atoms with E-state index in [1.54, 1.807) is 31.6 Å². The van der Waals surface area contributed by atoms with Gasteiger partial charge in [-0.25, -0.2) is 14.1 Å². The zero-order valence-corrected chi connectivity index (χ0v) is 17.7. The van der Waals surface area contributed by atoms with E-state index in [1.807, 2.05) is 36.4 Å². The molecule has 0 amide bonds. The highest BCUT2D eigenvalue weighted by atomic mass is 19.1. The van der Waals surface area contributed by atoms with Gasteiger partial charge in [0.2, 0.25) is 5.95 Å². The number of rotatable bonds is 6. The number of ether oxygens (including phenoxy) is 1. The second-order valence-electron chi connectivity index (χ2n) is 7.29. The van der Waals surface area contributed by atoms with E-state index in [4.69, 9.17) is 15.5 Å². The molecule has 3 aromatic heterocycles. The maximum Gasteiger partial charge on any atom is 0.225 e. The number of nitrogen functional groups attached to an aromatic ring is 1. The quantitative estimate of drug-likeness (QED) is 0.407. The lowest BCUT2D eigenvalue weighted by atomic mass is 10.1. The van der Waals surface area contributed by atoms with Gasteiger partial charge in [-0.05, 0) is 42.0 Å². The summed E-state index contributed by atoms with van der Waals surface area (Å²) in [7, 11) is 1.60. The summed E-state index contributed by atoms with van der Waals surface area (Å²) in [6.07, 6.45) is 3.48. The molecule has 2 aromatic carbocycles. The number of nitrogens with one attached hydrogen (secondary N) is 1. The number of aromatic nitrogens is 5. The Hall–Kier alpha value is -4.53. The van der Waals surface area contributed by atoms with Gasteiger partial charge in [0.1, 0.15) is 17.4 Å². The number of nitrogens with zero attached hydrogens (tertiary/aromatic N) is 5. The van der Waals surface area contributed by atoms with Crippen LogP contribution in [-0.2, 0) is 6.54 Å². The molecule has 5 aromatic rings. The minimum absolute atomic E-state index is 0.301. The number of halogens is 1. The van der Waals surface area contributed by atoms with E-state index in [0.29, 0.717) is 46.5 Å². The van der Waals surface area contributed by atoms with E-state index < -0.39 is 0 Å². The van der Waals surface area contributed by atoms with Gasteiger partial charge >= 0.3 is 0 Å². The summed E-state index contributed by atoms with van der Waals surface area (Å²) >= 11 is 0. The SMILES string of the molecule is COc1ccccc1-c1nc(NCc2cccnc2)nc2nn(-c3cccc(F)c3)c(N)c12. The van der Waals surface area contributed by atoms with Crippen molar-refractivity contribution < 1.29 is 9.13 Å². The topological polar surface area (TPSA) is 104 Å². The van der Waals surface area contributed by atoms with E-state index in [2.05, 4.69) is 20.4 Å². The van der Waals surface area contributed by atoms with Crippen LogP contribution < -0.4 is 15.8 Å². The Morgan fingerprint density at radius 2 is 1.94 bits per heavy atom. The number of pyridine rings is 1. The first-order valence-electron chi connectivity index (χ1n) is 10.2. The predicted octanol–water partition coefficient (Wildman–Crippen LogP) is 4.22. The Morgan fingerprint density at radius 3 is 2.73 bits per heavy atom. The molecule has 8 nitrogen and oxygen atoms in total. The van der Waals surface area contributed by atoms with Gasteiger partial charge in [-0.2, -0.15) is 4.98 Å². The van der Waals surface area contributed by atoms with Gasteiger partial charge in [-0.1, -0.05) is 24.3 Å². The smallest absolute Gasteiger partial charge is 0.225 e. The highest BCUT2D eigenvalue weighted by molar-refractivity contribution is 6.00. The number of para-hydroxylation sites is 1. The van der Waals surface area contributed by atoms with Crippen LogP contribution in [0.5, 0.6) is 5.75 Å². The van der Waals surface area contributed by atoms with Gasteiger partial charge < -0.3 is 15.8 Å². The van der Waals surface area contributed by atoms with Crippen molar-refractivity contribution in [3.63, 3.8) is 0 Å². The van der Waals surface area contributed by atoms with Crippen LogP contribution in [0.3, 0.4) is 0 Å². The second kappa shape index (κ2) is 8.54. The number of fused-ring (bicyclic) bond motifs is 1. The van der Waals surface area contributed by atoms with Gasteiger partial charge in [0, 0.05) is 24.5 Å². The number of benzene rings is 2. The monoisotopic (exact) mass is 441 g/mol. The molecule has 0 aliphatic carbocycles. The van der Waals surface area contributed by atoms with Crippen molar-refractivity contribution in [1.82, 2.24) is 24.7 Å². The van der Waals surface area contributed by atoms with Crippen LogP contribution in [0.2, 0.25) is 0 Å². The first-order chi connectivity index (χ1) is 16.1. The predicted molar refractivity (Wildman–Crippen MR) is 125 cm³/mol. The van der Waals surface area contributed by atoms with E-state index in [0.717, 1.165) is 11.1 Å². The van der Waals surface area contributed by atoms with Crippen LogP contribution in [0.4, 0.5) is 16.2 Å².